The first-order valence-corrected chi connectivity index (χ1v) is 11.0. The lowest BCUT2D eigenvalue weighted by Crippen LogP contribution is -2.23. The Morgan fingerprint density at radius 3 is 2.85 bits per heavy atom. The zero-order valence-corrected chi connectivity index (χ0v) is 17.5. The summed E-state index contributed by atoms with van der Waals surface area (Å²) in [5.74, 6) is -0.471. The zero-order valence-electron chi connectivity index (χ0n) is 15.9. The second-order valence-corrected chi connectivity index (χ2v) is 8.97. The number of aryl methyl sites for hydroxylation is 2. The molecule has 6 nitrogen and oxygen atoms in total. The van der Waals surface area contributed by atoms with E-state index in [9.17, 15) is 9.59 Å². The minimum Gasteiger partial charge on any atom is -0.462 e. The van der Waals surface area contributed by atoms with Crippen LogP contribution in [0.3, 0.4) is 0 Å². The lowest BCUT2D eigenvalue weighted by molar-refractivity contribution is -0.115. The number of nitrogens with zero attached hydrogens (tertiary/aromatic N) is 2. The second kappa shape index (κ2) is 8.93. The number of nitrogens with one attached hydrogen (secondary N) is 1. The molecule has 1 atom stereocenters. The van der Waals surface area contributed by atoms with Crippen LogP contribution < -0.4 is 5.32 Å². The standard InChI is InChI=1S/C19H25N3O3S2/c1-4-25-18(24)15-13-8-6-5-7-9-14(13)27-17(15)21-16(23)12(2)26-19-20-10-11-22(19)3/h10-12H,4-9H2,1-3H3,(H,21,23). The minimum atomic E-state index is -0.336. The van der Waals surface area contributed by atoms with E-state index in [0.717, 1.165) is 36.4 Å². The number of anilines is 1. The van der Waals surface area contributed by atoms with Gasteiger partial charge in [0.15, 0.2) is 5.16 Å². The molecule has 0 radical (unpaired) electrons. The maximum atomic E-state index is 12.7. The Balaban J connectivity index is 1.81. The molecule has 2 aromatic rings. The number of hydrogen-bond donors (Lipinski definition) is 1. The molecule has 2 aromatic heterocycles. The number of thiophene rings is 1. The van der Waals surface area contributed by atoms with Gasteiger partial charge in [-0.1, -0.05) is 18.2 Å². The van der Waals surface area contributed by atoms with E-state index >= 15 is 0 Å². The molecule has 0 bridgehead atoms. The Bertz CT molecular complexity index is 828. The van der Waals surface area contributed by atoms with E-state index in [1.54, 1.807) is 13.1 Å². The number of fused-ring (bicyclic) bond motifs is 1. The summed E-state index contributed by atoms with van der Waals surface area (Å²) in [5.41, 5.74) is 1.62. The Morgan fingerprint density at radius 1 is 1.37 bits per heavy atom. The third-order valence-corrected chi connectivity index (χ3v) is 6.95. The highest BCUT2D eigenvalue weighted by Crippen LogP contribution is 2.38. The highest BCUT2D eigenvalue weighted by molar-refractivity contribution is 8.00. The first kappa shape index (κ1) is 19.9. The van der Waals surface area contributed by atoms with Crippen LogP contribution in [-0.4, -0.2) is 33.3 Å². The Hall–Kier alpha value is -1.80. The van der Waals surface area contributed by atoms with E-state index in [4.69, 9.17) is 4.74 Å². The Kier molecular flexibility index (Phi) is 6.59. The lowest BCUT2D eigenvalue weighted by atomic mass is 10.1. The average Bonchev–Trinajstić information content (AvgIpc) is 3.10. The van der Waals surface area contributed by atoms with Crippen molar-refractivity contribution in [3.05, 3.63) is 28.4 Å². The van der Waals surface area contributed by atoms with E-state index in [1.165, 1.54) is 34.4 Å². The van der Waals surface area contributed by atoms with E-state index in [2.05, 4.69) is 10.3 Å². The number of thioether (sulfide) groups is 1. The van der Waals surface area contributed by atoms with Gasteiger partial charge in [-0.05, 0) is 45.1 Å². The second-order valence-electron chi connectivity index (χ2n) is 6.56. The van der Waals surface area contributed by atoms with Crippen LogP contribution in [0.5, 0.6) is 0 Å². The first-order chi connectivity index (χ1) is 13.0. The number of amides is 1. The number of imidazole rings is 1. The molecule has 0 saturated heterocycles. The quantitative estimate of drug-likeness (QED) is 0.444. The maximum Gasteiger partial charge on any atom is 0.341 e. The molecule has 0 aromatic carbocycles. The SMILES string of the molecule is CCOC(=O)c1c(NC(=O)C(C)Sc2nccn2C)sc2c1CCCCC2. The maximum absolute atomic E-state index is 12.7. The number of hydrogen-bond acceptors (Lipinski definition) is 6. The molecule has 0 spiro atoms. The van der Waals surface area contributed by atoms with E-state index < -0.39 is 0 Å². The molecule has 0 aliphatic heterocycles. The lowest BCUT2D eigenvalue weighted by Gasteiger charge is -2.12. The van der Waals surface area contributed by atoms with Crippen LogP contribution in [0.25, 0.3) is 0 Å². The summed E-state index contributed by atoms with van der Waals surface area (Å²) >= 11 is 2.92. The fraction of sp³-hybridized carbons (Fsp3) is 0.526. The highest BCUT2D eigenvalue weighted by atomic mass is 32.2. The number of esters is 1. The molecule has 1 aliphatic rings. The molecular formula is C19H25N3O3S2. The highest BCUT2D eigenvalue weighted by Gasteiger charge is 2.28. The van der Waals surface area contributed by atoms with Gasteiger partial charge in [-0.2, -0.15) is 0 Å². The summed E-state index contributed by atoms with van der Waals surface area (Å²) in [6, 6.07) is 0. The van der Waals surface area contributed by atoms with Crippen molar-refractivity contribution in [2.24, 2.45) is 7.05 Å². The molecule has 0 fully saturated rings. The number of aromatic nitrogens is 2. The topological polar surface area (TPSA) is 73.2 Å². The molecule has 1 N–H and O–H groups in total. The fourth-order valence-corrected chi connectivity index (χ4v) is 5.25. The van der Waals surface area contributed by atoms with Crippen molar-refractivity contribution in [1.82, 2.24) is 9.55 Å². The van der Waals surface area contributed by atoms with Crippen molar-refractivity contribution in [1.29, 1.82) is 0 Å². The summed E-state index contributed by atoms with van der Waals surface area (Å²) < 4.78 is 7.16. The first-order valence-electron chi connectivity index (χ1n) is 9.27. The Morgan fingerprint density at radius 2 is 2.15 bits per heavy atom. The number of carbonyl (C=O) groups excluding carboxylic acids is 2. The monoisotopic (exact) mass is 407 g/mol. The van der Waals surface area contributed by atoms with Crippen molar-refractivity contribution in [2.75, 3.05) is 11.9 Å². The van der Waals surface area contributed by atoms with E-state index in [-0.39, 0.29) is 17.1 Å². The molecular weight excluding hydrogens is 382 g/mol. The van der Waals surface area contributed by atoms with Crippen LogP contribution in [0, 0.1) is 0 Å². The van der Waals surface area contributed by atoms with Gasteiger partial charge in [-0.3, -0.25) is 4.79 Å². The number of ether oxygens (including phenoxy) is 1. The van der Waals surface area contributed by atoms with Crippen molar-refractivity contribution in [3.63, 3.8) is 0 Å². The van der Waals surface area contributed by atoms with Crippen molar-refractivity contribution in [3.8, 4) is 0 Å². The van der Waals surface area contributed by atoms with Crippen LogP contribution in [0.15, 0.2) is 17.6 Å². The van der Waals surface area contributed by atoms with Crippen LogP contribution in [-0.2, 0) is 29.4 Å². The van der Waals surface area contributed by atoms with Gasteiger partial charge in [0.25, 0.3) is 0 Å². The molecule has 146 valence electrons. The fourth-order valence-electron chi connectivity index (χ4n) is 3.14. The molecule has 1 amide bonds. The van der Waals surface area contributed by atoms with Crippen LogP contribution in [0.2, 0.25) is 0 Å². The van der Waals surface area contributed by atoms with Gasteiger partial charge >= 0.3 is 5.97 Å². The molecule has 1 aliphatic carbocycles. The molecule has 3 rings (SSSR count). The minimum absolute atomic E-state index is 0.134. The van der Waals surface area contributed by atoms with E-state index in [1.807, 2.05) is 24.7 Å². The van der Waals surface area contributed by atoms with Gasteiger partial charge in [-0.15, -0.1) is 11.3 Å². The number of carbonyl (C=O) groups is 2. The average molecular weight is 408 g/mol. The van der Waals surface area contributed by atoms with Crippen LogP contribution in [0.1, 0.15) is 53.9 Å². The molecule has 0 saturated carbocycles. The molecule has 8 heteroatoms. The van der Waals surface area contributed by atoms with E-state index in [0.29, 0.717) is 17.2 Å². The molecule has 2 heterocycles. The smallest absolute Gasteiger partial charge is 0.341 e. The van der Waals surface area contributed by atoms with Crippen molar-refractivity contribution < 1.29 is 14.3 Å². The summed E-state index contributed by atoms with van der Waals surface area (Å²) in [4.78, 5) is 30.8. The van der Waals surface area contributed by atoms with Crippen molar-refractivity contribution >= 4 is 40.0 Å². The predicted molar refractivity (Wildman–Crippen MR) is 109 cm³/mol. The van der Waals surface area contributed by atoms with Gasteiger partial charge in [-0.25, -0.2) is 9.78 Å². The van der Waals surface area contributed by atoms with Gasteiger partial charge in [0.2, 0.25) is 5.91 Å². The predicted octanol–water partition coefficient (Wildman–Crippen LogP) is 4.05. The van der Waals surface area contributed by atoms with Gasteiger partial charge < -0.3 is 14.6 Å². The summed E-state index contributed by atoms with van der Waals surface area (Å²) in [5, 5.41) is 4.05. The zero-order chi connectivity index (χ0) is 19.4. The third kappa shape index (κ3) is 4.55. The Labute approximate surface area is 167 Å². The largest absolute Gasteiger partial charge is 0.462 e. The molecule has 27 heavy (non-hydrogen) atoms. The van der Waals surface area contributed by atoms with Crippen molar-refractivity contribution in [2.45, 2.75) is 56.4 Å². The summed E-state index contributed by atoms with van der Waals surface area (Å²) in [7, 11) is 1.90. The normalized spacial score (nSPS) is 14.9. The van der Waals surface area contributed by atoms with Gasteiger partial charge in [0.05, 0.1) is 17.4 Å². The third-order valence-electron chi connectivity index (χ3n) is 4.57. The van der Waals surface area contributed by atoms with Crippen LogP contribution >= 0.6 is 23.1 Å². The summed E-state index contributed by atoms with van der Waals surface area (Å²) in [6.07, 6.45) is 8.74. The van der Waals surface area contributed by atoms with Gasteiger partial charge in [0.1, 0.15) is 5.00 Å². The van der Waals surface area contributed by atoms with Gasteiger partial charge in [0, 0.05) is 24.3 Å². The molecule has 1 unspecified atom stereocenters. The summed E-state index contributed by atoms with van der Waals surface area (Å²) in [6.45, 7) is 3.96. The van der Waals surface area contributed by atoms with Crippen LogP contribution in [0.4, 0.5) is 5.00 Å². The number of rotatable bonds is 6.